The Bertz CT molecular complexity index is 1020. The summed E-state index contributed by atoms with van der Waals surface area (Å²) >= 11 is 0. The second-order valence-electron chi connectivity index (χ2n) is 7.66. The summed E-state index contributed by atoms with van der Waals surface area (Å²) in [6.07, 6.45) is 3.00. The second-order valence-corrected chi connectivity index (χ2v) is 7.66. The molecule has 0 aliphatic carbocycles. The minimum absolute atomic E-state index is 0.0226. The zero-order valence-electron chi connectivity index (χ0n) is 16.5. The molecule has 1 saturated heterocycles. The van der Waals surface area contributed by atoms with Crippen molar-refractivity contribution in [2.75, 3.05) is 13.1 Å². The van der Waals surface area contributed by atoms with Crippen molar-refractivity contribution in [3.05, 3.63) is 95.3 Å². The molecule has 5 heteroatoms. The molecule has 0 bridgehead atoms. The number of nitrogens with zero attached hydrogens (tertiary/aromatic N) is 1. The maximum Gasteiger partial charge on any atom is 0.305 e. The molecule has 152 valence electrons. The maximum absolute atomic E-state index is 15.5. The number of fused-ring (bicyclic) bond motifs is 1. The second kappa shape index (κ2) is 7.48. The third kappa shape index (κ3) is 3.02. The van der Waals surface area contributed by atoms with Gasteiger partial charge in [-0.25, -0.2) is 4.39 Å². The van der Waals surface area contributed by atoms with Crippen LogP contribution in [-0.4, -0.2) is 23.9 Å². The maximum atomic E-state index is 15.5. The summed E-state index contributed by atoms with van der Waals surface area (Å²) in [6, 6.07) is 22.0. The third-order valence-corrected chi connectivity index (χ3v) is 5.74. The van der Waals surface area contributed by atoms with Crippen molar-refractivity contribution in [3.63, 3.8) is 0 Å². The van der Waals surface area contributed by atoms with E-state index >= 15 is 4.39 Å². The van der Waals surface area contributed by atoms with E-state index in [1.165, 1.54) is 6.07 Å². The van der Waals surface area contributed by atoms with E-state index in [-0.39, 0.29) is 23.0 Å². The number of hydrogen-bond donors (Lipinski definition) is 0. The van der Waals surface area contributed by atoms with E-state index < -0.39 is 11.6 Å². The first kappa shape index (κ1) is 18.7. The molecular weight excluding hydrogens is 381 g/mol. The zero-order chi connectivity index (χ0) is 20.6. The van der Waals surface area contributed by atoms with Gasteiger partial charge in [0, 0.05) is 24.2 Å². The van der Waals surface area contributed by atoms with Crippen molar-refractivity contribution in [1.29, 1.82) is 0 Å². The summed E-state index contributed by atoms with van der Waals surface area (Å²) in [4.78, 5) is 14.6. The van der Waals surface area contributed by atoms with Crippen LogP contribution in [0.25, 0.3) is 0 Å². The third-order valence-electron chi connectivity index (χ3n) is 5.74. The van der Waals surface area contributed by atoms with Gasteiger partial charge < -0.3 is 14.4 Å². The smallest absolute Gasteiger partial charge is 0.305 e. The van der Waals surface area contributed by atoms with Crippen LogP contribution in [0, 0.1) is 5.82 Å². The molecule has 0 spiro atoms. The van der Waals surface area contributed by atoms with Crippen molar-refractivity contribution >= 4 is 5.91 Å². The molecule has 30 heavy (non-hydrogen) atoms. The van der Waals surface area contributed by atoms with Crippen molar-refractivity contribution in [1.82, 2.24) is 4.90 Å². The molecule has 5 rings (SSSR count). The topological polar surface area (TPSA) is 38.8 Å². The number of carbonyl (C=O) groups excluding carboxylic acids is 1. The summed E-state index contributed by atoms with van der Waals surface area (Å²) in [6.45, 7) is 1.31. The van der Waals surface area contributed by atoms with Crippen molar-refractivity contribution in [2.24, 2.45) is 0 Å². The summed E-state index contributed by atoms with van der Waals surface area (Å²) < 4.78 is 27.9. The van der Waals surface area contributed by atoms with Gasteiger partial charge in [-0.1, -0.05) is 60.7 Å². The van der Waals surface area contributed by atoms with Crippen LogP contribution in [0.15, 0.2) is 72.8 Å². The fourth-order valence-electron chi connectivity index (χ4n) is 4.18. The zero-order valence-corrected chi connectivity index (χ0v) is 16.5. The predicted molar refractivity (Wildman–Crippen MR) is 111 cm³/mol. The molecular formula is C25H22FNO3. The summed E-state index contributed by atoms with van der Waals surface area (Å²) in [5.74, 6) is -2.01. The van der Waals surface area contributed by atoms with E-state index in [1.54, 1.807) is 11.0 Å². The van der Waals surface area contributed by atoms with E-state index in [2.05, 4.69) is 0 Å². The summed E-state index contributed by atoms with van der Waals surface area (Å²) in [5, 5.41) is 0. The van der Waals surface area contributed by atoms with Crippen molar-refractivity contribution in [3.8, 4) is 11.5 Å². The number of carbonyl (C=O) groups is 1. The molecule has 3 aromatic carbocycles. The highest BCUT2D eigenvalue weighted by atomic mass is 19.1. The Morgan fingerprint density at radius 1 is 0.800 bits per heavy atom. The molecule has 1 amide bonds. The van der Waals surface area contributed by atoms with Crippen molar-refractivity contribution in [2.45, 2.75) is 25.0 Å². The van der Waals surface area contributed by atoms with E-state index in [4.69, 9.17) is 9.47 Å². The number of hydrogen-bond acceptors (Lipinski definition) is 3. The highest BCUT2D eigenvalue weighted by Gasteiger charge is 2.47. The normalized spacial score (nSPS) is 17.0. The van der Waals surface area contributed by atoms with Gasteiger partial charge in [0.05, 0.1) is 5.56 Å². The number of halogens is 1. The monoisotopic (exact) mass is 403 g/mol. The number of likely N-dealkylation sites (tertiary alicyclic amines) is 1. The molecule has 3 aromatic rings. The fraction of sp³-hybridized carbons (Fsp3) is 0.240. The van der Waals surface area contributed by atoms with Gasteiger partial charge in [-0.05, 0) is 31.4 Å². The number of ether oxygens (including phenoxy) is 2. The van der Waals surface area contributed by atoms with Crippen LogP contribution in [0.2, 0.25) is 0 Å². The Kier molecular flexibility index (Phi) is 4.66. The lowest BCUT2D eigenvalue weighted by Crippen LogP contribution is -2.37. The largest absolute Gasteiger partial charge is 0.440 e. The average molecular weight is 403 g/mol. The average Bonchev–Trinajstić information content (AvgIpc) is 3.23. The van der Waals surface area contributed by atoms with E-state index in [9.17, 15) is 4.79 Å². The van der Waals surface area contributed by atoms with Crippen molar-refractivity contribution < 1.29 is 18.7 Å². The van der Waals surface area contributed by atoms with Gasteiger partial charge in [0.1, 0.15) is 0 Å². The van der Waals surface area contributed by atoms with Gasteiger partial charge in [-0.2, -0.15) is 0 Å². The predicted octanol–water partition coefficient (Wildman–Crippen LogP) is 5.12. The molecule has 4 nitrogen and oxygen atoms in total. The van der Waals surface area contributed by atoms with Gasteiger partial charge in [-0.15, -0.1) is 0 Å². The standard InChI is InChI=1S/C25H22FNO3/c26-22-20(24(28)27-16-8-3-9-17-27)14-15-21-23(22)30-25(29-21,18-10-4-1-5-11-18)19-12-6-2-7-13-19/h1-2,4-7,10-15H,3,8-9,16-17H2. The molecule has 2 aliphatic heterocycles. The van der Waals surface area contributed by atoms with Crippen LogP contribution in [0.3, 0.4) is 0 Å². The Labute approximate surface area is 174 Å². The minimum Gasteiger partial charge on any atom is -0.440 e. The minimum atomic E-state index is -1.31. The fourth-order valence-corrected chi connectivity index (χ4v) is 4.18. The van der Waals surface area contributed by atoms with Gasteiger partial charge in [0.15, 0.2) is 11.6 Å². The Morgan fingerprint density at radius 2 is 1.40 bits per heavy atom. The molecule has 0 N–H and O–H groups in total. The molecule has 0 unspecified atom stereocenters. The number of benzene rings is 3. The molecule has 0 aromatic heterocycles. The van der Waals surface area contributed by atoms with Crippen LogP contribution in [-0.2, 0) is 5.79 Å². The van der Waals surface area contributed by atoms with E-state index in [0.717, 1.165) is 30.4 Å². The first-order valence-electron chi connectivity index (χ1n) is 10.3. The first-order chi connectivity index (χ1) is 14.7. The Balaban J connectivity index is 1.57. The van der Waals surface area contributed by atoms with E-state index in [0.29, 0.717) is 13.1 Å². The van der Waals surface area contributed by atoms with Crippen LogP contribution in [0.1, 0.15) is 40.7 Å². The van der Waals surface area contributed by atoms with E-state index in [1.807, 2.05) is 60.7 Å². The van der Waals surface area contributed by atoms with Gasteiger partial charge in [0.25, 0.3) is 5.91 Å². The summed E-state index contributed by atoms with van der Waals surface area (Å²) in [7, 11) is 0. The van der Waals surface area contributed by atoms with Gasteiger partial charge in [-0.3, -0.25) is 4.79 Å². The van der Waals surface area contributed by atoms with Crippen LogP contribution in [0.4, 0.5) is 4.39 Å². The lowest BCUT2D eigenvalue weighted by molar-refractivity contribution is -0.0472. The Morgan fingerprint density at radius 3 is 2.00 bits per heavy atom. The SMILES string of the molecule is O=C(c1ccc2c(c1F)OC(c1ccccc1)(c1ccccc1)O2)N1CCCCC1. The lowest BCUT2D eigenvalue weighted by atomic mass is 9.97. The van der Waals surface area contributed by atoms with Crippen LogP contribution in [0.5, 0.6) is 11.5 Å². The highest BCUT2D eigenvalue weighted by Crippen LogP contribution is 2.49. The number of rotatable bonds is 3. The molecule has 2 aliphatic rings. The van der Waals surface area contributed by atoms with Crippen LogP contribution < -0.4 is 9.47 Å². The Hall–Kier alpha value is -3.34. The molecule has 0 saturated carbocycles. The lowest BCUT2D eigenvalue weighted by Gasteiger charge is -2.28. The molecule has 0 radical (unpaired) electrons. The van der Waals surface area contributed by atoms with Gasteiger partial charge in [0.2, 0.25) is 5.75 Å². The number of amides is 1. The number of piperidine rings is 1. The molecule has 0 atom stereocenters. The molecule has 2 heterocycles. The van der Waals surface area contributed by atoms with Gasteiger partial charge >= 0.3 is 5.79 Å². The molecule has 1 fully saturated rings. The van der Waals surface area contributed by atoms with Crippen LogP contribution >= 0.6 is 0 Å². The summed E-state index contributed by atoms with van der Waals surface area (Å²) in [5.41, 5.74) is 1.52. The first-order valence-corrected chi connectivity index (χ1v) is 10.3. The highest BCUT2D eigenvalue weighted by molar-refractivity contribution is 5.95. The quantitative estimate of drug-likeness (QED) is 0.609.